The Bertz CT molecular complexity index is 1050. The molecule has 5 N–H and O–H groups in total. The lowest BCUT2D eigenvalue weighted by atomic mass is 9.97. The second-order valence-electron chi connectivity index (χ2n) is 10.1. The second-order valence-corrected chi connectivity index (χ2v) is 11.1. The number of hydrogen-bond acceptors (Lipinski definition) is 11. The monoisotopic (exact) mass is 490 g/mol. The molecular weight excluding hydrogens is 456 g/mol. The molecule has 4 rings (SSSR count). The van der Waals surface area contributed by atoms with Crippen molar-refractivity contribution >= 4 is 29.2 Å². The van der Waals surface area contributed by atoms with Crippen LogP contribution in [0.15, 0.2) is 6.20 Å². The molecule has 0 amide bonds. The number of aliphatic hydroxyl groups excluding tert-OH is 3. The number of hydrogen-bond donors (Lipinski definition) is 5. The minimum absolute atomic E-state index is 0.0392. The van der Waals surface area contributed by atoms with Crippen LogP contribution in [0.2, 0.25) is 0 Å². The number of aryl methyl sites for hydroxylation is 1. The number of anilines is 2. The summed E-state index contributed by atoms with van der Waals surface area (Å²) in [6.07, 6.45) is 2.25. The van der Waals surface area contributed by atoms with Gasteiger partial charge in [0.05, 0.1) is 47.6 Å². The summed E-state index contributed by atoms with van der Waals surface area (Å²) in [5.41, 5.74) is 2.45. The highest BCUT2D eigenvalue weighted by Crippen LogP contribution is 2.39. The molecule has 186 valence electrons. The van der Waals surface area contributed by atoms with Crippen LogP contribution in [0.4, 0.5) is 11.8 Å². The van der Waals surface area contributed by atoms with Crippen molar-refractivity contribution in [1.82, 2.24) is 20.0 Å². The minimum atomic E-state index is -1.02. The van der Waals surface area contributed by atoms with Gasteiger partial charge in [0.1, 0.15) is 16.9 Å². The molecular formula is C23H34N6O4S. The van der Waals surface area contributed by atoms with Crippen molar-refractivity contribution in [2.45, 2.75) is 58.9 Å². The van der Waals surface area contributed by atoms with Gasteiger partial charge in [0.15, 0.2) is 0 Å². The Balaban J connectivity index is 1.71. The molecule has 1 aliphatic heterocycles. The molecule has 1 fully saturated rings. The lowest BCUT2D eigenvalue weighted by Gasteiger charge is -2.22. The van der Waals surface area contributed by atoms with Gasteiger partial charge in [-0.3, -0.25) is 9.90 Å². The molecule has 2 aromatic rings. The Labute approximate surface area is 203 Å². The maximum Gasteiger partial charge on any atom is 0.224 e. The second kappa shape index (κ2) is 9.74. The molecule has 2 aromatic heterocycles. The highest BCUT2D eigenvalue weighted by atomic mass is 32.1. The number of nitrogens with one attached hydrogen (secondary N) is 2. The van der Waals surface area contributed by atoms with E-state index in [1.165, 1.54) is 0 Å². The van der Waals surface area contributed by atoms with Crippen molar-refractivity contribution in [3.8, 4) is 10.6 Å². The maximum absolute atomic E-state index is 10.6. The molecule has 2 aliphatic rings. The van der Waals surface area contributed by atoms with Gasteiger partial charge in [-0.25, -0.2) is 9.97 Å². The summed E-state index contributed by atoms with van der Waals surface area (Å²) < 4.78 is 0. The Hall–Kier alpha value is -2.31. The fraction of sp³-hybridized carbons (Fsp3) is 0.609. The molecule has 10 nitrogen and oxygen atoms in total. The highest BCUT2D eigenvalue weighted by Gasteiger charge is 2.41. The number of rotatable bonds is 7. The average molecular weight is 491 g/mol. The van der Waals surface area contributed by atoms with Gasteiger partial charge in [-0.15, -0.1) is 11.3 Å². The van der Waals surface area contributed by atoms with Gasteiger partial charge in [0, 0.05) is 25.3 Å². The lowest BCUT2D eigenvalue weighted by Crippen LogP contribution is -2.36. The van der Waals surface area contributed by atoms with Gasteiger partial charge in [0.2, 0.25) is 5.95 Å². The van der Waals surface area contributed by atoms with E-state index in [2.05, 4.69) is 36.4 Å². The van der Waals surface area contributed by atoms with Crippen LogP contribution in [0.3, 0.4) is 0 Å². The van der Waals surface area contributed by atoms with E-state index in [0.717, 1.165) is 26.8 Å². The first kappa shape index (κ1) is 24.8. The summed E-state index contributed by atoms with van der Waals surface area (Å²) in [4.78, 5) is 20.6. The van der Waals surface area contributed by atoms with Crippen LogP contribution in [0.1, 0.15) is 43.5 Å². The molecule has 0 saturated heterocycles. The third-order valence-electron chi connectivity index (χ3n) is 6.10. The minimum Gasteiger partial charge on any atom is -0.396 e. The maximum atomic E-state index is 10.6. The van der Waals surface area contributed by atoms with Gasteiger partial charge < -0.3 is 26.0 Å². The van der Waals surface area contributed by atoms with E-state index in [4.69, 9.17) is 14.8 Å². The Morgan fingerprint density at radius 3 is 2.62 bits per heavy atom. The van der Waals surface area contributed by atoms with Gasteiger partial charge >= 0.3 is 0 Å². The summed E-state index contributed by atoms with van der Waals surface area (Å²) in [6.45, 7) is 9.34. The van der Waals surface area contributed by atoms with E-state index in [9.17, 15) is 15.3 Å². The summed E-state index contributed by atoms with van der Waals surface area (Å²) >= 11 is 1.54. The number of nitrogens with zero attached hydrogens (tertiary/aromatic N) is 4. The summed E-state index contributed by atoms with van der Waals surface area (Å²) in [6, 6.07) is -0.464. The standard InChI is InChI=1S/C23H34N6O4S/c1-12-17(21-27-15-9-29(33-5)7-6-16(15)34-21)20(28-22(25-12)24-11-23(2,3)4)26-14-8-13(10-30)18(31)19(14)32/h6-7,13-14,18-19,30-32H,8-11H2,1-5H3,(H2,24,25,26,28). The average Bonchev–Trinajstić information content (AvgIpc) is 3.32. The van der Waals surface area contributed by atoms with Crippen molar-refractivity contribution in [3.63, 3.8) is 0 Å². The number of hydroxylamine groups is 2. The van der Waals surface area contributed by atoms with E-state index in [1.54, 1.807) is 23.5 Å². The quantitative estimate of drug-likeness (QED) is 0.393. The fourth-order valence-electron chi connectivity index (χ4n) is 4.17. The van der Waals surface area contributed by atoms with E-state index in [1.807, 2.05) is 19.2 Å². The Kier molecular flexibility index (Phi) is 7.11. The summed E-state index contributed by atoms with van der Waals surface area (Å²) in [7, 11) is 1.62. The molecule has 0 bridgehead atoms. The number of aliphatic hydroxyl groups is 3. The van der Waals surface area contributed by atoms with Gasteiger partial charge in [-0.05, 0) is 24.8 Å². The van der Waals surface area contributed by atoms with Crippen molar-refractivity contribution in [3.05, 3.63) is 22.5 Å². The number of aromatic nitrogens is 3. The molecule has 1 saturated carbocycles. The third kappa shape index (κ3) is 5.18. The topological polar surface area (TPSA) is 136 Å². The fourth-order valence-corrected chi connectivity index (χ4v) is 5.24. The molecule has 3 heterocycles. The molecule has 4 unspecified atom stereocenters. The normalized spacial score (nSPS) is 24.4. The van der Waals surface area contributed by atoms with Crippen LogP contribution in [-0.2, 0) is 11.4 Å². The third-order valence-corrected chi connectivity index (χ3v) is 7.18. The van der Waals surface area contributed by atoms with Crippen molar-refractivity contribution in [1.29, 1.82) is 0 Å². The summed E-state index contributed by atoms with van der Waals surface area (Å²) in [5.74, 6) is 0.629. The number of thiazole rings is 1. The molecule has 1 aliphatic carbocycles. The molecule has 34 heavy (non-hydrogen) atoms. The van der Waals surface area contributed by atoms with Crippen molar-refractivity contribution in [2.24, 2.45) is 11.3 Å². The zero-order chi connectivity index (χ0) is 24.6. The zero-order valence-corrected chi connectivity index (χ0v) is 21.1. The van der Waals surface area contributed by atoms with Crippen molar-refractivity contribution in [2.75, 3.05) is 30.9 Å². The Morgan fingerprint density at radius 1 is 1.21 bits per heavy atom. The largest absolute Gasteiger partial charge is 0.396 e. The molecule has 0 aromatic carbocycles. The van der Waals surface area contributed by atoms with Gasteiger partial charge in [-0.1, -0.05) is 20.8 Å². The van der Waals surface area contributed by atoms with E-state index < -0.39 is 24.2 Å². The first-order valence-electron chi connectivity index (χ1n) is 11.4. The first-order valence-corrected chi connectivity index (χ1v) is 12.3. The zero-order valence-electron chi connectivity index (χ0n) is 20.2. The highest BCUT2D eigenvalue weighted by molar-refractivity contribution is 7.16. The van der Waals surface area contributed by atoms with E-state index in [-0.39, 0.29) is 12.0 Å². The Morgan fingerprint density at radius 2 is 1.97 bits per heavy atom. The van der Waals surface area contributed by atoms with Crippen LogP contribution in [0.25, 0.3) is 16.6 Å². The van der Waals surface area contributed by atoms with E-state index >= 15 is 0 Å². The smallest absolute Gasteiger partial charge is 0.224 e. The first-order chi connectivity index (χ1) is 16.1. The predicted molar refractivity (Wildman–Crippen MR) is 132 cm³/mol. The molecule has 0 spiro atoms. The predicted octanol–water partition coefficient (Wildman–Crippen LogP) is 2.23. The number of fused-ring (bicyclic) bond motifs is 1. The van der Waals surface area contributed by atoms with E-state index in [0.29, 0.717) is 31.3 Å². The van der Waals surface area contributed by atoms with Crippen LogP contribution < -0.4 is 10.6 Å². The molecule has 4 atom stereocenters. The summed E-state index contributed by atoms with van der Waals surface area (Å²) in [5, 5.41) is 39.6. The van der Waals surface area contributed by atoms with Crippen LogP contribution >= 0.6 is 11.3 Å². The molecule has 11 heteroatoms. The van der Waals surface area contributed by atoms with Gasteiger partial charge in [-0.2, -0.15) is 4.98 Å². The SMILES string of the molecule is CON1C=Cc2sc(-c3c(C)nc(NCC(C)(C)C)nc3NC3CC(CO)C(O)C3O)nc2C1. The molecule has 0 radical (unpaired) electrons. The van der Waals surface area contributed by atoms with Crippen LogP contribution in [-0.4, -0.2) is 73.8 Å². The van der Waals surface area contributed by atoms with Gasteiger partial charge in [0.25, 0.3) is 0 Å². The lowest BCUT2D eigenvalue weighted by molar-refractivity contribution is -0.0960. The van der Waals surface area contributed by atoms with Crippen LogP contribution in [0, 0.1) is 18.3 Å². The van der Waals surface area contributed by atoms with Crippen molar-refractivity contribution < 1.29 is 20.2 Å². The van der Waals surface area contributed by atoms with Crippen LogP contribution in [0.5, 0.6) is 0 Å².